The highest BCUT2D eigenvalue weighted by atomic mass is 15.0. The fraction of sp³-hybridized carbons (Fsp3) is 0. The lowest BCUT2D eigenvalue weighted by Gasteiger charge is -2.14. The minimum atomic E-state index is 0.633. The van der Waals surface area contributed by atoms with Gasteiger partial charge in [0.25, 0.3) is 0 Å². The maximum Gasteiger partial charge on any atom is 0.164 e. The molecule has 3 aromatic heterocycles. The van der Waals surface area contributed by atoms with Crippen LogP contribution in [0.4, 0.5) is 0 Å². The Kier molecular flexibility index (Phi) is 8.29. The van der Waals surface area contributed by atoms with E-state index < -0.39 is 0 Å². The number of hydrogen-bond donors (Lipinski definition) is 0. The van der Waals surface area contributed by atoms with Crippen LogP contribution < -0.4 is 0 Å². The van der Waals surface area contributed by atoms with Crippen molar-refractivity contribution in [1.29, 1.82) is 0 Å². The summed E-state index contributed by atoms with van der Waals surface area (Å²) in [6.07, 6.45) is 0. The minimum Gasteiger partial charge on any atom is -0.309 e. The summed E-state index contributed by atoms with van der Waals surface area (Å²) in [6, 6.07) is 85.4. The van der Waals surface area contributed by atoms with E-state index in [-0.39, 0.29) is 0 Å². The van der Waals surface area contributed by atoms with Gasteiger partial charge >= 0.3 is 0 Å². The van der Waals surface area contributed by atoms with E-state index in [2.05, 4.69) is 228 Å². The van der Waals surface area contributed by atoms with Gasteiger partial charge in [-0.15, -0.1) is 0 Å². The third kappa shape index (κ3) is 5.88. The predicted molar refractivity (Wildman–Crippen MR) is 292 cm³/mol. The second-order valence-corrected chi connectivity index (χ2v) is 18.4. The fourth-order valence-corrected chi connectivity index (χ4v) is 11.2. The Labute approximate surface area is 401 Å². The van der Waals surface area contributed by atoms with Crippen LogP contribution in [0.15, 0.2) is 237 Å². The van der Waals surface area contributed by atoms with Crippen LogP contribution >= 0.6 is 0 Å². The molecule has 70 heavy (non-hydrogen) atoms. The van der Waals surface area contributed by atoms with Crippen LogP contribution in [0.3, 0.4) is 0 Å². The van der Waals surface area contributed by atoms with Gasteiger partial charge in [-0.25, -0.2) is 15.0 Å². The Morgan fingerprint density at radius 2 is 0.771 bits per heavy atom. The van der Waals surface area contributed by atoms with Crippen LogP contribution in [0.1, 0.15) is 0 Å². The molecule has 0 atom stereocenters. The summed E-state index contributed by atoms with van der Waals surface area (Å²) in [5.41, 5.74) is 9.85. The molecule has 0 radical (unpaired) electrons. The molecule has 0 aliphatic heterocycles. The molecule has 0 spiro atoms. The van der Waals surface area contributed by atoms with Crippen molar-refractivity contribution in [2.24, 2.45) is 0 Å². The lowest BCUT2D eigenvalue weighted by Crippen LogP contribution is -2.01. The Morgan fingerprint density at radius 3 is 1.56 bits per heavy atom. The van der Waals surface area contributed by atoms with E-state index in [0.29, 0.717) is 17.5 Å². The zero-order chi connectivity index (χ0) is 45.9. The summed E-state index contributed by atoms with van der Waals surface area (Å²) in [6.45, 7) is 0. The van der Waals surface area contributed by atoms with Gasteiger partial charge in [-0.2, -0.15) is 0 Å². The lowest BCUT2D eigenvalue weighted by molar-refractivity contribution is 1.08. The van der Waals surface area contributed by atoms with E-state index in [0.717, 1.165) is 55.1 Å². The summed E-state index contributed by atoms with van der Waals surface area (Å²) >= 11 is 0. The SMILES string of the molecule is c1ccc(-c2nc(-c3ccc4cc(-n5c6ccccc6c6cc7cccc(-n8c9ccccc9c9cc%10ccccc%10cc98)c7cc65)ccc4c3)nc(-c3cc4ccccc4c4ccccc34)n2)cc1. The number of fused-ring (bicyclic) bond motifs is 12. The van der Waals surface area contributed by atoms with Crippen LogP contribution in [0.2, 0.25) is 0 Å². The van der Waals surface area contributed by atoms with Crippen LogP contribution in [0, 0.1) is 0 Å². The maximum atomic E-state index is 5.26. The third-order valence-electron chi connectivity index (χ3n) is 14.4. The molecule has 0 saturated heterocycles. The van der Waals surface area contributed by atoms with E-state index in [1.54, 1.807) is 0 Å². The average Bonchev–Trinajstić information content (AvgIpc) is 3.92. The van der Waals surface area contributed by atoms with Gasteiger partial charge in [-0.1, -0.05) is 170 Å². The highest BCUT2D eigenvalue weighted by Gasteiger charge is 2.20. The van der Waals surface area contributed by atoms with Crippen LogP contribution in [0.25, 0.3) is 143 Å². The van der Waals surface area contributed by atoms with E-state index in [1.165, 1.54) is 70.4 Å². The molecule has 0 bridgehead atoms. The first kappa shape index (κ1) is 38.6. The van der Waals surface area contributed by atoms with Crippen LogP contribution in [-0.2, 0) is 0 Å². The van der Waals surface area contributed by atoms with Gasteiger partial charge in [0.15, 0.2) is 17.5 Å². The molecule has 0 amide bonds. The number of benzene rings is 12. The quantitative estimate of drug-likeness (QED) is 0.162. The zero-order valence-corrected chi connectivity index (χ0v) is 37.8. The molecular weight excluding hydrogens is 851 g/mol. The molecule has 0 N–H and O–H groups in total. The molecule has 3 heterocycles. The number of para-hydroxylation sites is 2. The molecule has 15 rings (SSSR count). The normalized spacial score (nSPS) is 12.0. The lowest BCUT2D eigenvalue weighted by atomic mass is 9.97. The first-order chi connectivity index (χ1) is 34.7. The molecule has 5 heteroatoms. The standard InChI is InChI=1S/C65H39N5/c1-2-15-40(16-3-1)63-66-64(68-65(67-63)57-37-45-19-6-7-21-49(45)50-22-8-9-23-51(50)57)47-30-29-44-34-48(32-31-43(44)33-47)69-58-26-12-10-24-52(58)56-36-46-20-14-28-60(54(46)39-62(56)69)70-59-27-13-11-25-53(59)55-35-41-17-4-5-18-42(41)38-61(55)70/h1-39H. The molecule has 12 aromatic carbocycles. The second-order valence-electron chi connectivity index (χ2n) is 18.4. The predicted octanol–water partition coefficient (Wildman–Crippen LogP) is 16.8. The molecule has 0 unspecified atom stereocenters. The Hall–Kier alpha value is -9.45. The van der Waals surface area contributed by atoms with E-state index in [4.69, 9.17) is 15.0 Å². The van der Waals surface area contributed by atoms with Crippen molar-refractivity contribution in [2.45, 2.75) is 0 Å². The molecule has 0 aliphatic carbocycles. The minimum absolute atomic E-state index is 0.633. The van der Waals surface area contributed by atoms with Gasteiger partial charge in [0, 0.05) is 49.3 Å². The van der Waals surface area contributed by atoms with Crippen molar-refractivity contribution in [3.05, 3.63) is 237 Å². The van der Waals surface area contributed by atoms with Crippen molar-refractivity contribution < 1.29 is 0 Å². The molecule has 15 aromatic rings. The second kappa shape index (κ2) is 15.0. The smallest absolute Gasteiger partial charge is 0.164 e. The molecule has 0 aliphatic rings. The molecule has 5 nitrogen and oxygen atoms in total. The fourth-order valence-electron chi connectivity index (χ4n) is 11.2. The average molecular weight is 890 g/mol. The topological polar surface area (TPSA) is 48.5 Å². The zero-order valence-electron chi connectivity index (χ0n) is 37.8. The van der Waals surface area contributed by atoms with Gasteiger partial charge in [-0.05, 0) is 115 Å². The van der Waals surface area contributed by atoms with E-state index >= 15 is 0 Å². The highest BCUT2D eigenvalue weighted by Crippen LogP contribution is 2.41. The Bertz CT molecular complexity index is 4660. The number of aromatic nitrogens is 5. The maximum absolute atomic E-state index is 5.26. The van der Waals surface area contributed by atoms with Gasteiger partial charge in [0.05, 0.1) is 27.8 Å². The molecule has 0 saturated carbocycles. The van der Waals surface area contributed by atoms with E-state index in [9.17, 15) is 0 Å². The van der Waals surface area contributed by atoms with Crippen LogP contribution in [0.5, 0.6) is 0 Å². The molecule has 0 fully saturated rings. The highest BCUT2D eigenvalue weighted by molar-refractivity contribution is 6.18. The summed E-state index contributed by atoms with van der Waals surface area (Å²) in [7, 11) is 0. The van der Waals surface area contributed by atoms with Gasteiger partial charge < -0.3 is 9.13 Å². The van der Waals surface area contributed by atoms with Crippen molar-refractivity contribution in [1.82, 2.24) is 24.1 Å². The first-order valence-corrected chi connectivity index (χ1v) is 23.8. The summed E-state index contributed by atoms with van der Waals surface area (Å²) in [5.74, 6) is 1.92. The van der Waals surface area contributed by atoms with Gasteiger partial charge in [0.1, 0.15) is 0 Å². The summed E-state index contributed by atoms with van der Waals surface area (Å²) in [5, 5.41) is 16.7. The molecule has 324 valence electrons. The van der Waals surface area contributed by atoms with Crippen LogP contribution in [-0.4, -0.2) is 24.1 Å². The Morgan fingerprint density at radius 1 is 0.243 bits per heavy atom. The van der Waals surface area contributed by atoms with Crippen molar-refractivity contribution >= 4 is 97.5 Å². The number of rotatable bonds is 5. The summed E-state index contributed by atoms with van der Waals surface area (Å²) < 4.78 is 4.90. The third-order valence-corrected chi connectivity index (χ3v) is 14.4. The van der Waals surface area contributed by atoms with E-state index in [1.807, 2.05) is 18.2 Å². The largest absolute Gasteiger partial charge is 0.309 e. The van der Waals surface area contributed by atoms with Gasteiger partial charge in [0.2, 0.25) is 0 Å². The number of hydrogen-bond acceptors (Lipinski definition) is 3. The monoisotopic (exact) mass is 889 g/mol. The van der Waals surface area contributed by atoms with Crippen molar-refractivity contribution in [3.8, 4) is 45.5 Å². The van der Waals surface area contributed by atoms with Crippen molar-refractivity contribution in [3.63, 3.8) is 0 Å². The van der Waals surface area contributed by atoms with Crippen molar-refractivity contribution in [2.75, 3.05) is 0 Å². The summed E-state index contributed by atoms with van der Waals surface area (Å²) in [4.78, 5) is 15.6. The number of nitrogens with zero attached hydrogens (tertiary/aromatic N) is 5. The Balaban J connectivity index is 0.896. The molecular formula is C65H39N5. The first-order valence-electron chi connectivity index (χ1n) is 23.8. The van der Waals surface area contributed by atoms with Gasteiger partial charge in [-0.3, -0.25) is 0 Å².